The third kappa shape index (κ3) is 5.33. The van der Waals surface area contributed by atoms with Crippen molar-refractivity contribution in [2.75, 3.05) is 13.1 Å². The van der Waals surface area contributed by atoms with Crippen molar-refractivity contribution in [3.05, 3.63) is 42.7 Å². The summed E-state index contributed by atoms with van der Waals surface area (Å²) in [5, 5.41) is 7.19. The van der Waals surface area contributed by atoms with Gasteiger partial charge in [-0.15, -0.1) is 0 Å². The molecule has 0 radical (unpaired) electrons. The summed E-state index contributed by atoms with van der Waals surface area (Å²) >= 11 is 0. The Hall–Kier alpha value is -2.14. The van der Waals surface area contributed by atoms with E-state index < -0.39 is 0 Å². The highest BCUT2D eigenvalue weighted by Gasteiger charge is 2.01. The zero-order valence-electron chi connectivity index (χ0n) is 12.9. The maximum atomic E-state index is 11.0. The lowest BCUT2D eigenvalue weighted by atomic mass is 10.1. The molecule has 3 N–H and O–H groups in total. The number of aryl methyl sites for hydroxylation is 1. The van der Waals surface area contributed by atoms with Gasteiger partial charge in [-0.2, -0.15) is 5.10 Å². The highest BCUT2D eigenvalue weighted by atomic mass is 16.1. The summed E-state index contributed by atoms with van der Waals surface area (Å²) in [7, 11) is 0. The molecule has 0 atom stereocenters. The molecule has 0 unspecified atom stereocenters. The van der Waals surface area contributed by atoms with E-state index in [1.165, 1.54) is 5.56 Å². The lowest BCUT2D eigenvalue weighted by Gasteiger charge is -2.04. The Balaban J connectivity index is 1.62. The van der Waals surface area contributed by atoms with Crippen molar-refractivity contribution < 1.29 is 4.79 Å². The third-order valence-electron chi connectivity index (χ3n) is 3.56. The van der Waals surface area contributed by atoms with Gasteiger partial charge in [0.1, 0.15) is 0 Å². The van der Waals surface area contributed by atoms with Gasteiger partial charge in [-0.25, -0.2) is 0 Å². The first-order valence-corrected chi connectivity index (χ1v) is 7.84. The number of nitrogens with two attached hydrogens (primary N) is 1. The molecule has 0 saturated heterocycles. The minimum atomic E-state index is -0.0787. The SMILES string of the molecule is NCC(=O)NCCCCCCn1cc(-c2ccccc2)cn1. The number of aromatic nitrogens is 2. The van der Waals surface area contributed by atoms with Gasteiger partial charge < -0.3 is 11.1 Å². The Morgan fingerprint density at radius 2 is 1.86 bits per heavy atom. The maximum Gasteiger partial charge on any atom is 0.233 e. The van der Waals surface area contributed by atoms with Crippen LogP contribution in [0.5, 0.6) is 0 Å². The maximum absolute atomic E-state index is 11.0. The molecule has 1 amide bonds. The molecule has 0 aliphatic carbocycles. The smallest absolute Gasteiger partial charge is 0.233 e. The van der Waals surface area contributed by atoms with E-state index in [9.17, 15) is 4.79 Å². The first kappa shape index (κ1) is 16.2. The Kier molecular flexibility index (Phi) is 6.64. The summed E-state index contributed by atoms with van der Waals surface area (Å²) in [6.07, 6.45) is 8.35. The number of nitrogens with one attached hydrogen (secondary N) is 1. The van der Waals surface area contributed by atoms with Gasteiger partial charge in [-0.05, 0) is 18.4 Å². The molecule has 5 nitrogen and oxygen atoms in total. The minimum absolute atomic E-state index is 0.0725. The van der Waals surface area contributed by atoms with Crippen molar-refractivity contribution in [2.24, 2.45) is 5.73 Å². The lowest BCUT2D eigenvalue weighted by molar-refractivity contribution is -0.119. The van der Waals surface area contributed by atoms with Crippen LogP contribution in [0.15, 0.2) is 42.7 Å². The molecule has 0 aliphatic rings. The van der Waals surface area contributed by atoms with Crippen LogP contribution in [0.1, 0.15) is 25.7 Å². The second-order valence-corrected chi connectivity index (χ2v) is 5.33. The molecule has 2 rings (SSSR count). The Morgan fingerprint density at radius 3 is 2.64 bits per heavy atom. The van der Waals surface area contributed by atoms with Crippen LogP contribution in [0, 0.1) is 0 Å². The predicted molar refractivity (Wildman–Crippen MR) is 88.2 cm³/mol. The van der Waals surface area contributed by atoms with E-state index in [0.29, 0.717) is 0 Å². The van der Waals surface area contributed by atoms with Crippen molar-refractivity contribution in [1.82, 2.24) is 15.1 Å². The van der Waals surface area contributed by atoms with Crippen molar-refractivity contribution in [2.45, 2.75) is 32.2 Å². The molecular weight excluding hydrogens is 276 g/mol. The van der Waals surface area contributed by atoms with Crippen LogP contribution in [0.25, 0.3) is 11.1 Å². The summed E-state index contributed by atoms with van der Waals surface area (Å²) in [6, 6.07) is 10.3. The molecule has 5 heteroatoms. The summed E-state index contributed by atoms with van der Waals surface area (Å²) in [6.45, 7) is 1.72. The van der Waals surface area contributed by atoms with Gasteiger partial charge >= 0.3 is 0 Å². The molecule has 118 valence electrons. The van der Waals surface area contributed by atoms with Crippen LogP contribution in [0.4, 0.5) is 0 Å². The number of carbonyl (C=O) groups excluding carboxylic acids is 1. The first-order valence-electron chi connectivity index (χ1n) is 7.84. The van der Waals surface area contributed by atoms with Crippen molar-refractivity contribution in [3.8, 4) is 11.1 Å². The topological polar surface area (TPSA) is 72.9 Å². The van der Waals surface area contributed by atoms with Crippen molar-refractivity contribution >= 4 is 5.91 Å². The third-order valence-corrected chi connectivity index (χ3v) is 3.56. The second-order valence-electron chi connectivity index (χ2n) is 5.33. The molecule has 22 heavy (non-hydrogen) atoms. The highest BCUT2D eigenvalue weighted by Crippen LogP contribution is 2.17. The fourth-order valence-corrected chi connectivity index (χ4v) is 2.32. The van der Waals surface area contributed by atoms with Gasteiger partial charge in [0.05, 0.1) is 12.7 Å². The number of carbonyl (C=O) groups is 1. The van der Waals surface area contributed by atoms with Crippen molar-refractivity contribution in [3.63, 3.8) is 0 Å². The molecule has 0 fully saturated rings. The summed E-state index contributed by atoms with van der Waals surface area (Å²) in [5.41, 5.74) is 7.58. The summed E-state index contributed by atoms with van der Waals surface area (Å²) in [5.74, 6) is -0.0787. The van der Waals surface area contributed by atoms with Crippen LogP contribution < -0.4 is 11.1 Å². The van der Waals surface area contributed by atoms with E-state index in [2.05, 4.69) is 28.7 Å². The number of hydrogen-bond acceptors (Lipinski definition) is 3. The average molecular weight is 300 g/mol. The largest absolute Gasteiger partial charge is 0.355 e. The summed E-state index contributed by atoms with van der Waals surface area (Å²) in [4.78, 5) is 11.0. The van der Waals surface area contributed by atoms with Crippen LogP contribution in [0.2, 0.25) is 0 Å². The monoisotopic (exact) mass is 300 g/mol. The van der Waals surface area contributed by atoms with Gasteiger partial charge in [-0.1, -0.05) is 43.2 Å². The summed E-state index contributed by atoms with van der Waals surface area (Å²) < 4.78 is 2.00. The number of rotatable bonds is 9. The van der Waals surface area contributed by atoms with E-state index >= 15 is 0 Å². The van der Waals surface area contributed by atoms with Crippen LogP contribution in [0.3, 0.4) is 0 Å². The number of unbranched alkanes of at least 4 members (excludes halogenated alkanes) is 3. The van der Waals surface area contributed by atoms with Crippen molar-refractivity contribution in [1.29, 1.82) is 0 Å². The average Bonchev–Trinajstić information content (AvgIpc) is 3.03. The van der Waals surface area contributed by atoms with E-state index in [1.54, 1.807) is 0 Å². The van der Waals surface area contributed by atoms with E-state index in [-0.39, 0.29) is 12.5 Å². The molecule has 0 saturated carbocycles. The number of amides is 1. The van der Waals surface area contributed by atoms with E-state index in [0.717, 1.165) is 44.3 Å². The van der Waals surface area contributed by atoms with Crippen LogP contribution in [-0.4, -0.2) is 28.8 Å². The first-order chi connectivity index (χ1) is 10.8. The molecule has 1 aromatic carbocycles. The van der Waals surface area contributed by atoms with Gasteiger partial charge in [-0.3, -0.25) is 9.48 Å². The quantitative estimate of drug-likeness (QED) is 0.697. The Bertz CT molecular complexity index is 565. The molecular formula is C17H24N4O. The zero-order valence-corrected chi connectivity index (χ0v) is 12.9. The molecule has 0 spiro atoms. The Labute approximate surface area is 131 Å². The molecule has 0 bridgehead atoms. The van der Waals surface area contributed by atoms with Crippen LogP contribution >= 0.6 is 0 Å². The minimum Gasteiger partial charge on any atom is -0.355 e. The van der Waals surface area contributed by atoms with Crippen LogP contribution in [-0.2, 0) is 11.3 Å². The Morgan fingerprint density at radius 1 is 1.09 bits per heavy atom. The molecule has 2 aromatic rings. The fourth-order valence-electron chi connectivity index (χ4n) is 2.32. The number of benzene rings is 1. The molecule has 0 aliphatic heterocycles. The van der Waals surface area contributed by atoms with Gasteiger partial charge in [0, 0.05) is 24.8 Å². The number of nitrogens with zero attached hydrogens (tertiary/aromatic N) is 2. The van der Waals surface area contributed by atoms with E-state index in [4.69, 9.17) is 5.73 Å². The molecule has 1 heterocycles. The second kappa shape index (κ2) is 9.00. The normalized spacial score (nSPS) is 10.6. The number of hydrogen-bond donors (Lipinski definition) is 2. The lowest BCUT2D eigenvalue weighted by Crippen LogP contribution is -2.30. The van der Waals surface area contributed by atoms with Gasteiger partial charge in [0.15, 0.2) is 0 Å². The predicted octanol–water partition coefficient (Wildman–Crippen LogP) is 2.19. The molecule has 1 aromatic heterocycles. The van der Waals surface area contributed by atoms with Gasteiger partial charge in [0.2, 0.25) is 5.91 Å². The standard InChI is InChI=1S/C17H24N4O/c18-12-17(22)19-10-6-1-2-7-11-21-14-16(13-20-21)15-8-4-3-5-9-15/h3-5,8-9,13-14H,1-2,6-7,10-12,18H2,(H,19,22). The highest BCUT2D eigenvalue weighted by molar-refractivity contribution is 5.77. The van der Waals surface area contributed by atoms with E-state index in [1.807, 2.05) is 29.1 Å². The fraction of sp³-hybridized carbons (Fsp3) is 0.412. The zero-order chi connectivity index (χ0) is 15.6. The van der Waals surface area contributed by atoms with Gasteiger partial charge in [0.25, 0.3) is 0 Å².